The van der Waals surface area contributed by atoms with Gasteiger partial charge in [0.25, 0.3) is 0 Å². The minimum Gasteiger partial charge on any atom is -0.379 e. The number of rotatable bonds is 3. The van der Waals surface area contributed by atoms with E-state index in [2.05, 4.69) is 16.0 Å². The highest BCUT2D eigenvalue weighted by Crippen LogP contribution is 2.30. The fourth-order valence-corrected chi connectivity index (χ4v) is 3.72. The molecule has 0 radical (unpaired) electrons. The Bertz CT molecular complexity index is 314. The van der Waals surface area contributed by atoms with Crippen molar-refractivity contribution in [3.05, 3.63) is 0 Å². The van der Waals surface area contributed by atoms with Crippen molar-refractivity contribution in [2.75, 3.05) is 26.3 Å². The van der Waals surface area contributed by atoms with Crippen LogP contribution in [0.3, 0.4) is 0 Å². The number of halogens is 1. The standard InChI is InChI=1S/C14H25N3O2.ClH/c18-14-5-4-10(8-16-14)17-12-3-1-2-11(12)13-9-19-7-6-15-13;/h10-13,15,17H,1-9H2,(H,16,18);1H. The molecule has 2 saturated heterocycles. The summed E-state index contributed by atoms with van der Waals surface area (Å²) in [4.78, 5) is 11.2. The van der Waals surface area contributed by atoms with Gasteiger partial charge in [-0.3, -0.25) is 4.79 Å². The van der Waals surface area contributed by atoms with Gasteiger partial charge in [-0.25, -0.2) is 0 Å². The van der Waals surface area contributed by atoms with Crippen molar-refractivity contribution in [3.63, 3.8) is 0 Å². The first-order valence-corrected chi connectivity index (χ1v) is 7.67. The molecule has 0 aromatic rings. The van der Waals surface area contributed by atoms with E-state index in [0.717, 1.165) is 32.7 Å². The predicted octanol–water partition coefficient (Wildman–Crippen LogP) is 0.434. The maximum absolute atomic E-state index is 11.2. The molecule has 3 rings (SSSR count). The van der Waals surface area contributed by atoms with Crippen LogP contribution in [0.25, 0.3) is 0 Å². The zero-order valence-electron chi connectivity index (χ0n) is 11.9. The average Bonchev–Trinajstić information content (AvgIpc) is 2.90. The largest absolute Gasteiger partial charge is 0.379 e. The molecule has 0 spiro atoms. The summed E-state index contributed by atoms with van der Waals surface area (Å²) in [6, 6.07) is 1.54. The van der Waals surface area contributed by atoms with Crippen molar-refractivity contribution < 1.29 is 9.53 Å². The SMILES string of the molecule is Cl.O=C1CCC(NC2CCCC2C2COCCN2)CN1. The lowest BCUT2D eigenvalue weighted by atomic mass is 9.92. The van der Waals surface area contributed by atoms with Crippen molar-refractivity contribution >= 4 is 18.3 Å². The Balaban J connectivity index is 0.00000147. The molecular formula is C14H26ClN3O2. The molecule has 4 atom stereocenters. The van der Waals surface area contributed by atoms with E-state index >= 15 is 0 Å². The predicted molar refractivity (Wildman–Crippen MR) is 80.2 cm³/mol. The Morgan fingerprint density at radius 3 is 2.85 bits per heavy atom. The van der Waals surface area contributed by atoms with Crippen LogP contribution >= 0.6 is 12.4 Å². The van der Waals surface area contributed by atoms with Crippen molar-refractivity contribution in [1.29, 1.82) is 0 Å². The Morgan fingerprint density at radius 2 is 2.15 bits per heavy atom. The summed E-state index contributed by atoms with van der Waals surface area (Å²) in [6.45, 7) is 3.46. The van der Waals surface area contributed by atoms with Crippen molar-refractivity contribution in [1.82, 2.24) is 16.0 Å². The number of hydrogen-bond donors (Lipinski definition) is 3. The van der Waals surface area contributed by atoms with Gasteiger partial charge < -0.3 is 20.7 Å². The van der Waals surface area contributed by atoms with Crippen LogP contribution in [-0.4, -0.2) is 50.3 Å². The van der Waals surface area contributed by atoms with E-state index in [0.29, 0.717) is 30.5 Å². The fraction of sp³-hybridized carbons (Fsp3) is 0.929. The quantitative estimate of drug-likeness (QED) is 0.708. The first-order chi connectivity index (χ1) is 9.33. The number of morpholine rings is 1. The van der Waals surface area contributed by atoms with Crippen LogP contribution < -0.4 is 16.0 Å². The van der Waals surface area contributed by atoms with Crippen LogP contribution in [-0.2, 0) is 9.53 Å². The minimum absolute atomic E-state index is 0. The first-order valence-electron chi connectivity index (χ1n) is 7.67. The zero-order valence-corrected chi connectivity index (χ0v) is 12.7. The monoisotopic (exact) mass is 303 g/mol. The maximum Gasteiger partial charge on any atom is 0.220 e. The number of ether oxygens (including phenoxy) is 1. The third kappa shape index (κ3) is 3.85. The van der Waals surface area contributed by atoms with E-state index in [1.165, 1.54) is 19.3 Å². The van der Waals surface area contributed by atoms with E-state index < -0.39 is 0 Å². The summed E-state index contributed by atoms with van der Waals surface area (Å²) in [5.41, 5.74) is 0. The number of carbonyl (C=O) groups excluding carboxylic acids is 1. The number of piperidine rings is 1. The molecule has 6 heteroatoms. The van der Waals surface area contributed by atoms with Gasteiger partial charge in [-0.2, -0.15) is 0 Å². The third-order valence-electron chi connectivity index (χ3n) is 4.75. The Morgan fingerprint density at radius 1 is 1.25 bits per heavy atom. The van der Waals surface area contributed by atoms with Gasteiger partial charge in [-0.05, 0) is 25.2 Å². The van der Waals surface area contributed by atoms with Gasteiger partial charge in [0.15, 0.2) is 0 Å². The van der Waals surface area contributed by atoms with Crippen molar-refractivity contribution in [2.45, 2.75) is 50.2 Å². The molecule has 1 amide bonds. The Hall–Kier alpha value is -0.360. The molecule has 0 bridgehead atoms. The smallest absolute Gasteiger partial charge is 0.220 e. The Labute approximate surface area is 127 Å². The summed E-state index contributed by atoms with van der Waals surface area (Å²) in [7, 11) is 0. The van der Waals surface area contributed by atoms with Gasteiger partial charge in [0.2, 0.25) is 5.91 Å². The van der Waals surface area contributed by atoms with Crippen LogP contribution in [0.4, 0.5) is 0 Å². The second kappa shape index (κ2) is 7.59. The van der Waals surface area contributed by atoms with Crippen LogP contribution in [0.5, 0.6) is 0 Å². The van der Waals surface area contributed by atoms with Crippen LogP contribution in [0.15, 0.2) is 0 Å². The molecule has 1 saturated carbocycles. The molecule has 116 valence electrons. The summed E-state index contributed by atoms with van der Waals surface area (Å²) in [5, 5.41) is 10.3. The van der Waals surface area contributed by atoms with E-state index in [1.807, 2.05) is 0 Å². The highest BCUT2D eigenvalue weighted by atomic mass is 35.5. The molecule has 2 heterocycles. The zero-order chi connectivity index (χ0) is 13.1. The van der Waals surface area contributed by atoms with E-state index in [-0.39, 0.29) is 18.3 Å². The van der Waals surface area contributed by atoms with E-state index in [1.54, 1.807) is 0 Å². The minimum atomic E-state index is 0. The van der Waals surface area contributed by atoms with Gasteiger partial charge in [-0.1, -0.05) is 6.42 Å². The highest BCUT2D eigenvalue weighted by molar-refractivity contribution is 5.85. The molecule has 5 nitrogen and oxygen atoms in total. The molecule has 3 N–H and O–H groups in total. The van der Waals surface area contributed by atoms with Gasteiger partial charge in [0.1, 0.15) is 0 Å². The molecule has 0 aromatic carbocycles. The molecule has 3 fully saturated rings. The summed E-state index contributed by atoms with van der Waals surface area (Å²) >= 11 is 0. The van der Waals surface area contributed by atoms with Crippen molar-refractivity contribution in [2.24, 2.45) is 5.92 Å². The Kier molecular flexibility index (Phi) is 6.08. The molecule has 0 aromatic heterocycles. The van der Waals surface area contributed by atoms with Gasteiger partial charge >= 0.3 is 0 Å². The summed E-state index contributed by atoms with van der Waals surface area (Å²) < 4.78 is 5.60. The lowest BCUT2D eigenvalue weighted by molar-refractivity contribution is -0.122. The molecule has 4 unspecified atom stereocenters. The van der Waals surface area contributed by atoms with Crippen LogP contribution in [0, 0.1) is 5.92 Å². The second-order valence-electron chi connectivity index (χ2n) is 6.04. The topological polar surface area (TPSA) is 62.4 Å². The second-order valence-corrected chi connectivity index (χ2v) is 6.04. The fourth-order valence-electron chi connectivity index (χ4n) is 3.72. The molecule has 2 aliphatic heterocycles. The molecule has 20 heavy (non-hydrogen) atoms. The average molecular weight is 304 g/mol. The number of nitrogens with one attached hydrogen (secondary N) is 3. The van der Waals surface area contributed by atoms with Crippen molar-refractivity contribution in [3.8, 4) is 0 Å². The van der Waals surface area contributed by atoms with Gasteiger partial charge in [0, 0.05) is 37.6 Å². The highest BCUT2D eigenvalue weighted by Gasteiger charge is 2.36. The number of hydrogen-bond acceptors (Lipinski definition) is 4. The lowest BCUT2D eigenvalue weighted by Gasteiger charge is -2.35. The molecule has 3 aliphatic rings. The number of carbonyl (C=O) groups is 1. The van der Waals surface area contributed by atoms with Gasteiger partial charge in [-0.15, -0.1) is 12.4 Å². The normalized spacial score (nSPS) is 38.1. The van der Waals surface area contributed by atoms with Crippen LogP contribution in [0.1, 0.15) is 32.1 Å². The van der Waals surface area contributed by atoms with E-state index in [9.17, 15) is 4.79 Å². The summed E-state index contributed by atoms with van der Waals surface area (Å²) in [6.07, 6.45) is 5.49. The lowest BCUT2D eigenvalue weighted by Crippen LogP contribution is -2.55. The molecule has 1 aliphatic carbocycles. The number of amides is 1. The van der Waals surface area contributed by atoms with E-state index in [4.69, 9.17) is 4.74 Å². The molecular weight excluding hydrogens is 278 g/mol. The van der Waals surface area contributed by atoms with Gasteiger partial charge in [0.05, 0.1) is 13.2 Å². The van der Waals surface area contributed by atoms with Crippen LogP contribution in [0.2, 0.25) is 0 Å². The summed E-state index contributed by atoms with van der Waals surface area (Å²) in [5.74, 6) is 0.876. The third-order valence-corrected chi connectivity index (χ3v) is 4.75. The maximum atomic E-state index is 11.2. The first kappa shape index (κ1) is 16.0.